The maximum atomic E-state index is 10.6. The Balaban J connectivity index is 0. The van der Waals surface area contributed by atoms with Gasteiger partial charge in [-0.3, -0.25) is 9.59 Å². The number of carboxylic acids is 1. The Labute approximate surface area is 98.6 Å². The Morgan fingerprint density at radius 1 is 0.941 bits per heavy atom. The molecule has 0 saturated heterocycles. The molecule has 0 aromatic rings. The minimum atomic E-state index is -0.857. The molecule has 0 amide bonds. The lowest BCUT2D eigenvalue weighted by atomic mass is 10.3. The summed E-state index contributed by atoms with van der Waals surface area (Å²) in [5, 5.41) is 7.72. The summed E-state index contributed by atoms with van der Waals surface area (Å²) < 4.78 is 0. The fraction of sp³-hybridized carbons (Fsp3) is 0.600. The number of rotatable bonds is 4. The molecule has 0 radical (unpaired) electrons. The fourth-order valence-corrected chi connectivity index (χ4v) is 0.385. The second kappa shape index (κ2) is 10.6. The summed E-state index contributed by atoms with van der Waals surface area (Å²) in [6.45, 7) is 4.40. The molecule has 7 heteroatoms. The Hall–Kier alpha value is -1.92. The molecule has 1 N–H and O–H groups in total. The van der Waals surface area contributed by atoms with Gasteiger partial charge in [-0.1, -0.05) is 13.8 Å². The van der Waals surface area contributed by atoms with Crippen LogP contribution in [0.4, 0.5) is 0 Å². The molecule has 17 heavy (non-hydrogen) atoms. The van der Waals surface area contributed by atoms with Crippen LogP contribution in [0.25, 0.3) is 0 Å². The second-order valence-corrected chi connectivity index (χ2v) is 2.89. The van der Waals surface area contributed by atoms with E-state index >= 15 is 0 Å². The van der Waals surface area contributed by atoms with E-state index in [0.29, 0.717) is 0 Å². The molecule has 0 aliphatic rings. The summed E-state index contributed by atoms with van der Waals surface area (Å²) in [4.78, 5) is 48.7. The molecule has 0 aliphatic carbocycles. The molecule has 0 aromatic heterocycles. The minimum absolute atomic E-state index is 0.118. The van der Waals surface area contributed by atoms with Gasteiger partial charge in [0.2, 0.25) is 0 Å². The summed E-state index contributed by atoms with van der Waals surface area (Å²) in [7, 11) is 0. The lowest BCUT2D eigenvalue weighted by Crippen LogP contribution is -2.12. The highest BCUT2D eigenvalue weighted by Gasteiger charge is 2.09. The predicted octanol–water partition coefficient (Wildman–Crippen LogP) is 0.858. The van der Waals surface area contributed by atoms with Crippen LogP contribution >= 0.6 is 0 Å². The van der Waals surface area contributed by atoms with Crippen molar-refractivity contribution in [2.75, 3.05) is 0 Å². The van der Waals surface area contributed by atoms with Crippen molar-refractivity contribution < 1.29 is 34.1 Å². The van der Waals surface area contributed by atoms with Gasteiger partial charge < -0.3 is 5.11 Å². The summed E-state index contributed by atoms with van der Waals surface area (Å²) in [5.74, 6) is -2.59. The molecule has 0 aromatic carbocycles. The van der Waals surface area contributed by atoms with E-state index in [0.717, 1.165) is 0 Å². The van der Waals surface area contributed by atoms with Crippen LogP contribution in [-0.2, 0) is 29.0 Å². The summed E-state index contributed by atoms with van der Waals surface area (Å²) in [6, 6.07) is 0. The van der Waals surface area contributed by atoms with Gasteiger partial charge in [0, 0.05) is 12.8 Å². The van der Waals surface area contributed by atoms with Crippen molar-refractivity contribution in [3.63, 3.8) is 0 Å². The lowest BCUT2D eigenvalue weighted by molar-refractivity contribution is -0.258. The molecule has 0 heterocycles. The van der Waals surface area contributed by atoms with Gasteiger partial charge in [-0.05, 0) is 6.92 Å². The molecule has 0 bridgehead atoms. The molecule has 98 valence electrons. The average Bonchev–Trinajstić information content (AvgIpc) is 2.25. The maximum Gasteiger partial charge on any atom is 0.362 e. The van der Waals surface area contributed by atoms with Crippen LogP contribution in [-0.4, -0.2) is 28.8 Å². The normalized spacial score (nSPS) is 8.41. The average molecular weight is 248 g/mol. The number of carbonyl (C=O) groups excluding carboxylic acids is 3. The van der Waals surface area contributed by atoms with E-state index in [2.05, 4.69) is 9.78 Å². The van der Waals surface area contributed by atoms with Gasteiger partial charge in [-0.15, -0.1) is 0 Å². The van der Waals surface area contributed by atoms with Crippen molar-refractivity contribution in [3.05, 3.63) is 0 Å². The first kappa shape index (κ1) is 17.5. The zero-order valence-corrected chi connectivity index (χ0v) is 10.0. The van der Waals surface area contributed by atoms with Crippen LogP contribution in [0.1, 0.15) is 40.0 Å². The smallest absolute Gasteiger partial charge is 0.362 e. The van der Waals surface area contributed by atoms with Crippen molar-refractivity contribution in [2.45, 2.75) is 40.0 Å². The zero-order chi connectivity index (χ0) is 13.8. The summed E-state index contributed by atoms with van der Waals surface area (Å²) >= 11 is 0. The highest BCUT2D eigenvalue weighted by molar-refractivity contribution is 5.94. The third-order valence-electron chi connectivity index (χ3n) is 1.21. The number of Topliss-reactive ketones (excluding diaryl/α,β-unsaturated/α-hetero) is 1. The Morgan fingerprint density at radius 2 is 1.35 bits per heavy atom. The van der Waals surface area contributed by atoms with Crippen molar-refractivity contribution in [1.29, 1.82) is 0 Å². The molecule has 0 atom stereocenters. The van der Waals surface area contributed by atoms with Gasteiger partial charge in [0.15, 0.2) is 0 Å². The Bertz CT molecular complexity index is 282. The first-order valence-electron chi connectivity index (χ1n) is 4.94. The van der Waals surface area contributed by atoms with Gasteiger partial charge in [-0.25, -0.2) is 19.4 Å². The number of carbonyl (C=O) groups is 4. The van der Waals surface area contributed by atoms with Gasteiger partial charge >= 0.3 is 17.9 Å². The minimum Gasteiger partial charge on any atom is -0.481 e. The Morgan fingerprint density at radius 3 is 1.65 bits per heavy atom. The topological polar surface area (TPSA) is 107 Å². The van der Waals surface area contributed by atoms with E-state index in [-0.39, 0.29) is 25.0 Å². The fourth-order valence-electron chi connectivity index (χ4n) is 0.385. The number of ketones is 1. The van der Waals surface area contributed by atoms with Gasteiger partial charge in [-0.2, -0.15) is 0 Å². The van der Waals surface area contributed by atoms with Crippen LogP contribution in [0, 0.1) is 0 Å². The largest absolute Gasteiger partial charge is 0.481 e. The number of carboxylic acid groups (broad SMARTS) is 1. The molecule has 0 rings (SSSR count). The van der Waals surface area contributed by atoms with Crippen molar-refractivity contribution >= 4 is 23.7 Å². The third kappa shape index (κ3) is 16.7. The predicted molar refractivity (Wildman–Crippen MR) is 55.7 cm³/mol. The quantitative estimate of drug-likeness (QED) is 0.446. The second-order valence-electron chi connectivity index (χ2n) is 2.89. The Kier molecular flexibility index (Phi) is 10.9. The number of aliphatic carboxylic acids is 1. The van der Waals surface area contributed by atoms with Gasteiger partial charge in [0.05, 0.1) is 0 Å². The number of hydrogen-bond acceptors (Lipinski definition) is 6. The van der Waals surface area contributed by atoms with Crippen molar-refractivity contribution in [2.24, 2.45) is 0 Å². The van der Waals surface area contributed by atoms with Crippen LogP contribution < -0.4 is 0 Å². The zero-order valence-electron chi connectivity index (χ0n) is 10.0. The summed E-state index contributed by atoms with van der Waals surface area (Å²) in [6.07, 6.45) is -0.0374. The summed E-state index contributed by atoms with van der Waals surface area (Å²) in [5.41, 5.74) is 0. The SMILES string of the molecule is CCC(=O)O.CCC(=O)OOC(=O)CC(C)=O. The van der Waals surface area contributed by atoms with Gasteiger partial charge in [0.25, 0.3) is 0 Å². The van der Waals surface area contributed by atoms with Crippen LogP contribution in [0.2, 0.25) is 0 Å². The van der Waals surface area contributed by atoms with E-state index in [1.54, 1.807) is 13.8 Å². The van der Waals surface area contributed by atoms with Crippen molar-refractivity contribution in [3.8, 4) is 0 Å². The first-order chi connectivity index (χ1) is 7.83. The monoisotopic (exact) mass is 248 g/mol. The first-order valence-corrected chi connectivity index (χ1v) is 4.94. The van der Waals surface area contributed by atoms with E-state index in [4.69, 9.17) is 5.11 Å². The molecule has 0 aliphatic heterocycles. The van der Waals surface area contributed by atoms with E-state index in [9.17, 15) is 19.2 Å². The molecule has 0 unspecified atom stereocenters. The third-order valence-corrected chi connectivity index (χ3v) is 1.21. The van der Waals surface area contributed by atoms with Crippen molar-refractivity contribution in [1.82, 2.24) is 0 Å². The maximum absolute atomic E-state index is 10.6. The van der Waals surface area contributed by atoms with E-state index in [1.165, 1.54) is 6.92 Å². The van der Waals surface area contributed by atoms with Gasteiger partial charge in [0.1, 0.15) is 12.2 Å². The molecule has 0 saturated carbocycles. The molecule has 0 spiro atoms. The molecular weight excluding hydrogens is 232 g/mol. The van der Waals surface area contributed by atoms with E-state index < -0.39 is 17.9 Å². The van der Waals surface area contributed by atoms with Crippen LogP contribution in [0.15, 0.2) is 0 Å². The molecule has 7 nitrogen and oxygen atoms in total. The van der Waals surface area contributed by atoms with Crippen LogP contribution in [0.5, 0.6) is 0 Å². The highest BCUT2D eigenvalue weighted by atomic mass is 17.2. The lowest BCUT2D eigenvalue weighted by Gasteiger charge is -1.99. The molecular formula is C10H16O7. The molecule has 0 fully saturated rings. The highest BCUT2D eigenvalue weighted by Crippen LogP contribution is 1.91. The standard InChI is InChI=1S/C7H10O5.C3H6O2/c1-3-6(9)11-12-7(10)4-5(2)8;1-2-3(4)5/h3-4H2,1-2H3;2H2,1H3,(H,4,5). The number of hydrogen-bond donors (Lipinski definition) is 1. The van der Waals surface area contributed by atoms with E-state index in [1.807, 2.05) is 0 Å². The van der Waals surface area contributed by atoms with Crippen LogP contribution in [0.3, 0.4) is 0 Å².